The van der Waals surface area contributed by atoms with Gasteiger partial charge in [-0.15, -0.1) is 0 Å². The number of methoxy groups -OCH3 is 1. The summed E-state index contributed by atoms with van der Waals surface area (Å²) in [5.74, 6) is -3.82. The minimum Gasteiger partial charge on any atom is -0.507 e. The van der Waals surface area contributed by atoms with Crippen molar-refractivity contribution < 1.29 is 43.2 Å². The smallest absolute Gasteiger partial charge is 0.339 e. The quantitative estimate of drug-likeness (QED) is 0.190. The van der Waals surface area contributed by atoms with E-state index in [0.717, 1.165) is 18.2 Å². The van der Waals surface area contributed by atoms with E-state index in [4.69, 9.17) is 21.4 Å². The molecule has 5 rings (SSSR count). The van der Waals surface area contributed by atoms with Gasteiger partial charge in [0.2, 0.25) is 0 Å². The third kappa shape index (κ3) is 6.65. The summed E-state index contributed by atoms with van der Waals surface area (Å²) >= 11 is 5.89. The summed E-state index contributed by atoms with van der Waals surface area (Å²) in [4.78, 5) is 35.1. The van der Waals surface area contributed by atoms with Crippen molar-refractivity contribution in [2.75, 3.05) is 7.11 Å². The molecule has 0 aliphatic rings. The molecule has 0 atom stereocenters. The first kappa shape index (κ1) is 30.7. The van der Waals surface area contributed by atoms with Crippen molar-refractivity contribution in [2.45, 2.75) is 13.3 Å². The number of hydrogen-bond acceptors (Lipinski definition) is 5. The van der Waals surface area contributed by atoms with Crippen LogP contribution in [0.3, 0.4) is 0 Å². The molecule has 0 unspecified atom stereocenters. The van der Waals surface area contributed by atoms with Crippen molar-refractivity contribution >= 4 is 40.3 Å². The molecule has 0 radical (unpaired) electrons. The highest BCUT2D eigenvalue weighted by molar-refractivity contribution is 6.30. The predicted octanol–water partition coefficient (Wildman–Crippen LogP) is 6.96. The molecule has 1 heterocycles. The summed E-state index contributed by atoms with van der Waals surface area (Å²) < 4.78 is 33.1. The summed E-state index contributed by atoms with van der Waals surface area (Å²) in [5, 5.41) is 28.6. The lowest BCUT2D eigenvalue weighted by Crippen LogP contribution is -2.14. The van der Waals surface area contributed by atoms with E-state index in [-0.39, 0.29) is 29.0 Å². The normalized spacial score (nSPS) is 10.6. The number of carboxylic acids is 2. The van der Waals surface area contributed by atoms with Crippen LogP contribution in [-0.2, 0) is 11.2 Å². The average Bonchev–Trinajstić information content (AvgIpc) is 3.23. The second kappa shape index (κ2) is 12.7. The molecule has 43 heavy (non-hydrogen) atoms. The maximum absolute atomic E-state index is 13.5. The summed E-state index contributed by atoms with van der Waals surface area (Å²) in [5.41, 5.74) is 2.31. The first-order valence-electron chi connectivity index (χ1n) is 12.6. The third-order valence-electron chi connectivity index (χ3n) is 6.63. The van der Waals surface area contributed by atoms with Gasteiger partial charge in [-0.1, -0.05) is 17.7 Å². The van der Waals surface area contributed by atoms with E-state index in [9.17, 15) is 33.4 Å². The molecule has 8 nitrogen and oxygen atoms in total. The monoisotopic (exact) mass is 607 g/mol. The Kier molecular flexibility index (Phi) is 9.11. The maximum atomic E-state index is 13.5. The molecular weight excluding hydrogens is 584 g/mol. The zero-order valence-corrected chi connectivity index (χ0v) is 23.5. The Hall–Kier alpha value is -5.22. The Morgan fingerprint density at radius 1 is 0.907 bits per heavy atom. The van der Waals surface area contributed by atoms with E-state index >= 15 is 0 Å². The summed E-state index contributed by atoms with van der Waals surface area (Å²) in [7, 11) is 1.54. The molecule has 220 valence electrons. The lowest BCUT2D eigenvalue weighted by molar-refractivity contribution is -0.136. The van der Waals surface area contributed by atoms with Gasteiger partial charge in [-0.25, -0.2) is 13.6 Å². The van der Waals surface area contributed by atoms with Gasteiger partial charge in [-0.05, 0) is 84.8 Å². The number of aromatic hydroxyl groups is 1. The number of carboxylic acid groups (broad SMARTS) is 2. The van der Waals surface area contributed by atoms with Crippen molar-refractivity contribution in [1.29, 1.82) is 0 Å². The van der Waals surface area contributed by atoms with Gasteiger partial charge in [0.15, 0.2) is 0 Å². The van der Waals surface area contributed by atoms with Gasteiger partial charge in [-0.2, -0.15) is 0 Å². The molecule has 11 heteroatoms. The number of ether oxygens (including phenoxy) is 1. The maximum Gasteiger partial charge on any atom is 0.339 e. The zero-order chi connectivity index (χ0) is 31.4. The van der Waals surface area contributed by atoms with E-state index in [1.54, 1.807) is 56.5 Å². The highest BCUT2D eigenvalue weighted by Crippen LogP contribution is 2.31. The van der Waals surface area contributed by atoms with Crippen molar-refractivity contribution in [3.05, 3.63) is 118 Å². The summed E-state index contributed by atoms with van der Waals surface area (Å²) in [6.07, 6.45) is -0.170. The molecule has 0 aliphatic carbocycles. The number of aliphatic carboxylic acids is 1. The van der Waals surface area contributed by atoms with Crippen molar-refractivity contribution in [3.8, 4) is 22.6 Å². The summed E-state index contributed by atoms with van der Waals surface area (Å²) in [6.45, 7) is 1.75. The number of carbonyl (C=O) groups excluding carboxylic acids is 1. The van der Waals surface area contributed by atoms with E-state index in [1.807, 2.05) is 0 Å². The Bertz CT molecular complexity index is 1870. The molecule has 3 N–H and O–H groups in total. The van der Waals surface area contributed by atoms with E-state index in [0.29, 0.717) is 44.6 Å². The van der Waals surface area contributed by atoms with Gasteiger partial charge in [0, 0.05) is 33.3 Å². The van der Waals surface area contributed by atoms with Crippen LogP contribution < -0.4 is 4.74 Å². The first-order chi connectivity index (χ1) is 20.4. The minimum absolute atomic E-state index is 0.0684. The lowest BCUT2D eigenvalue weighted by atomic mass is 10.0. The van der Waals surface area contributed by atoms with E-state index < -0.39 is 29.3 Å². The Morgan fingerprint density at radius 2 is 1.60 bits per heavy atom. The van der Waals surface area contributed by atoms with Crippen LogP contribution in [0.15, 0.2) is 78.9 Å². The molecule has 0 spiro atoms. The predicted molar refractivity (Wildman–Crippen MR) is 156 cm³/mol. The van der Waals surface area contributed by atoms with Crippen LogP contribution in [0.2, 0.25) is 5.02 Å². The number of aromatic nitrogens is 1. The van der Waals surface area contributed by atoms with Crippen LogP contribution in [0.1, 0.15) is 32.0 Å². The van der Waals surface area contributed by atoms with Gasteiger partial charge in [-0.3, -0.25) is 14.2 Å². The second-order valence-electron chi connectivity index (χ2n) is 9.33. The van der Waals surface area contributed by atoms with Crippen LogP contribution in [0.4, 0.5) is 8.78 Å². The number of carbonyl (C=O) groups is 3. The van der Waals surface area contributed by atoms with Gasteiger partial charge >= 0.3 is 11.9 Å². The molecule has 4 aromatic carbocycles. The molecule has 0 saturated heterocycles. The zero-order valence-electron chi connectivity index (χ0n) is 22.8. The first-order valence-corrected chi connectivity index (χ1v) is 13.0. The van der Waals surface area contributed by atoms with Crippen LogP contribution in [0, 0.1) is 18.6 Å². The standard InChI is InChI=1S/C19H16ClNO4.C13H8F2O3/c1-11-15(10-18(22)23)16-9-14(25-2)7-8-17(16)21(11)19(24)12-3-5-13(20)6-4-12;14-8-2-3-9(11(15)6-8)7-1-4-12(16)10(5-7)13(17)18/h3-9H,10H2,1-2H3,(H,22,23);1-6,16H,(H,17,18). The Balaban J connectivity index is 0.000000208. The van der Waals surface area contributed by atoms with Crippen molar-refractivity contribution in [3.63, 3.8) is 0 Å². The number of aromatic carboxylic acids is 1. The number of halogens is 3. The van der Waals surface area contributed by atoms with E-state index in [2.05, 4.69) is 0 Å². The fourth-order valence-corrected chi connectivity index (χ4v) is 4.67. The molecule has 0 fully saturated rings. The number of nitrogens with zero attached hydrogens (tertiary/aromatic N) is 1. The van der Waals surface area contributed by atoms with Crippen molar-refractivity contribution in [2.24, 2.45) is 0 Å². The number of benzene rings is 4. The van der Waals surface area contributed by atoms with Crippen LogP contribution in [0.5, 0.6) is 11.5 Å². The molecule has 0 aliphatic heterocycles. The Labute approximate surface area is 249 Å². The molecule has 5 aromatic rings. The van der Waals surface area contributed by atoms with Gasteiger partial charge < -0.3 is 20.1 Å². The number of rotatable bonds is 6. The number of phenols is 1. The summed E-state index contributed by atoms with van der Waals surface area (Å²) in [6, 6.07) is 18.5. The van der Waals surface area contributed by atoms with E-state index in [1.165, 1.54) is 16.7 Å². The second-order valence-corrected chi connectivity index (χ2v) is 9.76. The fourth-order valence-electron chi connectivity index (χ4n) is 4.55. The Morgan fingerprint density at radius 3 is 2.21 bits per heavy atom. The molecule has 0 saturated carbocycles. The van der Waals surface area contributed by atoms with Crippen LogP contribution in [0.25, 0.3) is 22.0 Å². The molecular formula is C32H24ClF2NO7. The minimum atomic E-state index is -1.32. The fraction of sp³-hybridized carbons (Fsp3) is 0.0938. The third-order valence-corrected chi connectivity index (χ3v) is 6.89. The molecule has 0 bridgehead atoms. The molecule has 0 amide bonds. The largest absolute Gasteiger partial charge is 0.507 e. The van der Waals surface area contributed by atoms with Gasteiger partial charge in [0.1, 0.15) is 28.7 Å². The van der Waals surface area contributed by atoms with Crippen molar-refractivity contribution in [1.82, 2.24) is 4.57 Å². The number of hydrogen-bond donors (Lipinski definition) is 3. The molecule has 1 aromatic heterocycles. The topological polar surface area (TPSA) is 126 Å². The lowest BCUT2D eigenvalue weighted by Gasteiger charge is -2.08. The van der Waals surface area contributed by atoms with Gasteiger partial charge in [0.25, 0.3) is 5.91 Å². The van der Waals surface area contributed by atoms with Crippen LogP contribution in [-0.4, -0.2) is 44.8 Å². The van der Waals surface area contributed by atoms with Gasteiger partial charge in [0.05, 0.1) is 19.0 Å². The SMILES string of the molecule is COc1ccc2c(c1)c(CC(=O)O)c(C)n2C(=O)c1ccc(Cl)cc1.O=C(O)c1cc(-c2ccc(F)cc2F)ccc1O. The number of fused-ring (bicyclic) bond motifs is 1. The van der Waals surface area contributed by atoms with Crippen LogP contribution >= 0.6 is 11.6 Å². The average molecular weight is 608 g/mol. The highest BCUT2D eigenvalue weighted by atomic mass is 35.5. The highest BCUT2D eigenvalue weighted by Gasteiger charge is 2.22.